The number of hydrogen-bond donors (Lipinski definition) is 1. The van der Waals surface area contributed by atoms with Gasteiger partial charge in [0.2, 0.25) is 5.91 Å². The molecule has 1 amide bonds. The standard InChI is InChI=1S/C10H13N3O2.ClH/c1-13(7-8-4-6-15-12-8)10(14)9-3-2-5-11-9;/h2-4,6,9,11H,5,7H2,1H3;1H. The molecule has 1 aromatic heterocycles. The maximum Gasteiger partial charge on any atom is 0.243 e. The summed E-state index contributed by atoms with van der Waals surface area (Å²) in [6, 6.07) is 1.56. The average Bonchev–Trinajstić information content (AvgIpc) is 2.88. The van der Waals surface area contributed by atoms with E-state index in [4.69, 9.17) is 4.52 Å². The highest BCUT2D eigenvalue weighted by Crippen LogP contribution is 2.04. The summed E-state index contributed by atoms with van der Waals surface area (Å²) < 4.78 is 4.70. The molecule has 0 aromatic carbocycles. The largest absolute Gasteiger partial charge is 0.364 e. The topological polar surface area (TPSA) is 58.4 Å². The van der Waals surface area contributed by atoms with E-state index < -0.39 is 0 Å². The first kappa shape index (κ1) is 12.7. The van der Waals surface area contributed by atoms with Crippen molar-refractivity contribution in [2.24, 2.45) is 0 Å². The maximum atomic E-state index is 11.8. The van der Waals surface area contributed by atoms with Crippen LogP contribution in [0.5, 0.6) is 0 Å². The van der Waals surface area contributed by atoms with Gasteiger partial charge < -0.3 is 9.42 Å². The highest BCUT2D eigenvalue weighted by atomic mass is 35.5. The van der Waals surface area contributed by atoms with Crippen molar-refractivity contribution in [3.63, 3.8) is 0 Å². The molecule has 0 aliphatic carbocycles. The van der Waals surface area contributed by atoms with Crippen molar-refractivity contribution in [2.75, 3.05) is 13.6 Å². The number of likely N-dealkylation sites (N-methyl/N-ethyl adjacent to an activating group) is 1. The van der Waals surface area contributed by atoms with Crippen LogP contribution in [-0.2, 0) is 11.3 Å². The first-order valence-corrected chi connectivity index (χ1v) is 4.81. The molecule has 88 valence electrons. The van der Waals surface area contributed by atoms with Crippen molar-refractivity contribution in [3.8, 4) is 0 Å². The molecule has 6 heteroatoms. The second-order valence-corrected chi connectivity index (χ2v) is 3.50. The minimum Gasteiger partial charge on any atom is -0.364 e. The summed E-state index contributed by atoms with van der Waals surface area (Å²) in [4.78, 5) is 13.5. The summed E-state index contributed by atoms with van der Waals surface area (Å²) in [5.41, 5.74) is 0.757. The van der Waals surface area contributed by atoms with Crippen LogP contribution in [0.3, 0.4) is 0 Å². The maximum absolute atomic E-state index is 11.8. The molecule has 1 N–H and O–H groups in total. The molecule has 1 unspecified atom stereocenters. The lowest BCUT2D eigenvalue weighted by atomic mass is 10.2. The van der Waals surface area contributed by atoms with E-state index in [2.05, 4.69) is 10.5 Å². The number of rotatable bonds is 3. The van der Waals surface area contributed by atoms with Gasteiger partial charge in [-0.05, 0) is 0 Å². The minimum atomic E-state index is -0.193. The summed E-state index contributed by atoms with van der Waals surface area (Å²) in [6.07, 6.45) is 5.33. The van der Waals surface area contributed by atoms with Gasteiger partial charge >= 0.3 is 0 Å². The predicted octanol–water partition coefficient (Wildman–Crippen LogP) is 0.583. The van der Waals surface area contributed by atoms with E-state index in [0.717, 1.165) is 12.2 Å². The quantitative estimate of drug-likeness (QED) is 0.790. The predicted molar refractivity (Wildman–Crippen MR) is 61.2 cm³/mol. The van der Waals surface area contributed by atoms with Gasteiger partial charge in [0.05, 0.1) is 6.54 Å². The molecule has 0 saturated heterocycles. The molecule has 0 bridgehead atoms. The lowest BCUT2D eigenvalue weighted by Gasteiger charge is -2.19. The molecule has 5 nitrogen and oxygen atoms in total. The van der Waals surface area contributed by atoms with Crippen LogP contribution in [-0.4, -0.2) is 35.6 Å². The van der Waals surface area contributed by atoms with Crippen molar-refractivity contribution < 1.29 is 9.32 Å². The number of carbonyl (C=O) groups excluding carboxylic acids is 1. The van der Waals surface area contributed by atoms with Crippen LogP contribution in [0.1, 0.15) is 5.69 Å². The van der Waals surface area contributed by atoms with E-state index in [0.29, 0.717) is 6.54 Å². The number of nitrogens with zero attached hydrogens (tertiary/aromatic N) is 2. The highest BCUT2D eigenvalue weighted by molar-refractivity contribution is 5.85. The molecule has 0 spiro atoms. The molecular weight excluding hydrogens is 230 g/mol. The van der Waals surface area contributed by atoms with Gasteiger partial charge in [0.25, 0.3) is 0 Å². The summed E-state index contributed by atoms with van der Waals surface area (Å²) in [7, 11) is 1.75. The van der Waals surface area contributed by atoms with Crippen LogP contribution in [0.15, 0.2) is 29.0 Å². The summed E-state index contributed by atoms with van der Waals surface area (Å²) in [5.74, 6) is 0.0479. The lowest BCUT2D eigenvalue weighted by Crippen LogP contribution is -2.41. The SMILES string of the molecule is CN(Cc1ccon1)C(=O)C1C=CCN1.Cl. The number of amides is 1. The molecular formula is C10H14ClN3O2. The van der Waals surface area contributed by atoms with Crippen molar-refractivity contribution >= 4 is 18.3 Å². The van der Waals surface area contributed by atoms with Crippen LogP contribution < -0.4 is 5.32 Å². The third kappa shape index (κ3) is 2.84. The van der Waals surface area contributed by atoms with Crippen LogP contribution in [0, 0.1) is 0 Å². The highest BCUT2D eigenvalue weighted by Gasteiger charge is 2.21. The first-order chi connectivity index (χ1) is 7.27. The zero-order valence-electron chi connectivity index (χ0n) is 8.92. The Bertz CT molecular complexity index is 364. The van der Waals surface area contributed by atoms with Crippen LogP contribution in [0.2, 0.25) is 0 Å². The molecule has 0 saturated carbocycles. The van der Waals surface area contributed by atoms with E-state index in [1.54, 1.807) is 18.0 Å². The van der Waals surface area contributed by atoms with Crippen molar-refractivity contribution in [1.82, 2.24) is 15.4 Å². The van der Waals surface area contributed by atoms with Gasteiger partial charge in [-0.1, -0.05) is 17.3 Å². The van der Waals surface area contributed by atoms with Crippen molar-refractivity contribution in [2.45, 2.75) is 12.6 Å². The zero-order chi connectivity index (χ0) is 10.7. The normalized spacial score (nSPS) is 18.2. The Morgan fingerprint density at radius 1 is 1.75 bits per heavy atom. The van der Waals surface area contributed by atoms with Crippen LogP contribution >= 0.6 is 12.4 Å². The second kappa shape index (κ2) is 5.67. The Labute approximate surface area is 99.9 Å². The Hall–Kier alpha value is -1.33. The Balaban J connectivity index is 0.00000128. The number of halogens is 1. The first-order valence-electron chi connectivity index (χ1n) is 4.81. The number of aromatic nitrogens is 1. The third-order valence-electron chi connectivity index (χ3n) is 2.32. The van der Waals surface area contributed by atoms with Gasteiger partial charge in [-0.2, -0.15) is 0 Å². The van der Waals surface area contributed by atoms with Gasteiger partial charge in [-0.15, -0.1) is 12.4 Å². The fourth-order valence-corrected chi connectivity index (χ4v) is 1.51. The van der Waals surface area contributed by atoms with Gasteiger partial charge in [0.15, 0.2) is 0 Å². The van der Waals surface area contributed by atoms with Crippen molar-refractivity contribution in [3.05, 3.63) is 30.2 Å². The molecule has 0 radical (unpaired) electrons. The minimum absolute atomic E-state index is 0. The molecule has 1 aliphatic rings. The summed E-state index contributed by atoms with van der Waals surface area (Å²) in [5, 5.41) is 6.83. The van der Waals surface area contributed by atoms with Crippen LogP contribution in [0.25, 0.3) is 0 Å². The monoisotopic (exact) mass is 243 g/mol. The Morgan fingerprint density at radius 2 is 2.56 bits per heavy atom. The smallest absolute Gasteiger partial charge is 0.243 e. The fourth-order valence-electron chi connectivity index (χ4n) is 1.51. The molecule has 1 aromatic rings. The van der Waals surface area contributed by atoms with E-state index >= 15 is 0 Å². The molecule has 1 atom stereocenters. The summed E-state index contributed by atoms with van der Waals surface area (Å²) in [6.45, 7) is 1.23. The fraction of sp³-hybridized carbons (Fsp3) is 0.400. The van der Waals surface area contributed by atoms with Gasteiger partial charge in [-0.3, -0.25) is 10.1 Å². The summed E-state index contributed by atoms with van der Waals surface area (Å²) >= 11 is 0. The van der Waals surface area contributed by atoms with Gasteiger partial charge in [0, 0.05) is 19.7 Å². The third-order valence-corrected chi connectivity index (χ3v) is 2.32. The average molecular weight is 244 g/mol. The van der Waals surface area contributed by atoms with Crippen LogP contribution in [0.4, 0.5) is 0 Å². The van der Waals surface area contributed by atoms with E-state index in [9.17, 15) is 4.79 Å². The van der Waals surface area contributed by atoms with Gasteiger partial charge in [-0.25, -0.2) is 0 Å². The molecule has 16 heavy (non-hydrogen) atoms. The second-order valence-electron chi connectivity index (χ2n) is 3.50. The number of hydrogen-bond acceptors (Lipinski definition) is 4. The van der Waals surface area contributed by atoms with Gasteiger partial charge in [0.1, 0.15) is 18.0 Å². The molecule has 2 rings (SSSR count). The molecule has 2 heterocycles. The molecule has 0 fully saturated rings. The number of nitrogens with one attached hydrogen (secondary N) is 1. The molecule has 1 aliphatic heterocycles. The van der Waals surface area contributed by atoms with E-state index in [1.165, 1.54) is 6.26 Å². The Kier molecular flexibility index (Phi) is 4.52. The van der Waals surface area contributed by atoms with Crippen molar-refractivity contribution in [1.29, 1.82) is 0 Å². The zero-order valence-corrected chi connectivity index (χ0v) is 9.74. The Morgan fingerprint density at radius 3 is 3.12 bits per heavy atom. The van der Waals surface area contributed by atoms with E-state index in [1.807, 2.05) is 12.2 Å². The number of carbonyl (C=O) groups is 1. The lowest BCUT2D eigenvalue weighted by molar-refractivity contribution is -0.131. The van der Waals surface area contributed by atoms with E-state index in [-0.39, 0.29) is 24.4 Å².